The highest BCUT2D eigenvalue weighted by atomic mass is 16.5. The normalized spacial score (nSPS) is 9.85. The fraction of sp³-hybridized carbons (Fsp3) is 0.600. The molecule has 0 spiro atoms. The first kappa shape index (κ1) is 11.7. The van der Waals surface area contributed by atoms with Crippen molar-refractivity contribution in [2.75, 3.05) is 6.61 Å². The van der Waals surface area contributed by atoms with Gasteiger partial charge >= 0.3 is 5.97 Å². The first-order valence-electron chi connectivity index (χ1n) is 4.48. The number of allylic oxidation sites excluding steroid dienone is 1. The van der Waals surface area contributed by atoms with Crippen molar-refractivity contribution >= 4 is 5.97 Å². The van der Waals surface area contributed by atoms with Gasteiger partial charge in [-0.25, -0.2) is 0 Å². The van der Waals surface area contributed by atoms with Crippen molar-refractivity contribution in [2.45, 2.75) is 32.6 Å². The van der Waals surface area contributed by atoms with Crippen LogP contribution in [0.25, 0.3) is 0 Å². The minimum Gasteiger partial charge on any atom is -0.461 e. The zero-order chi connectivity index (χ0) is 9.94. The Hall–Kier alpha value is -1.30. The number of ether oxygens (including phenoxy) is 1. The standard InChI is InChI=1S/C10H15NO2/c1-2-3-7-10(12)13-9-6-4-5-8-11/h4,6H,2-3,5,7,9H2,1H3. The number of nitriles is 1. The van der Waals surface area contributed by atoms with Crippen LogP contribution in [0.4, 0.5) is 0 Å². The Labute approximate surface area is 79.0 Å². The lowest BCUT2D eigenvalue weighted by atomic mass is 10.2. The highest BCUT2D eigenvalue weighted by molar-refractivity contribution is 5.69. The molecular formula is C10H15NO2. The molecule has 0 aromatic heterocycles. The maximum absolute atomic E-state index is 10.9. The largest absolute Gasteiger partial charge is 0.461 e. The van der Waals surface area contributed by atoms with Gasteiger partial charge in [0, 0.05) is 6.42 Å². The van der Waals surface area contributed by atoms with Crippen molar-refractivity contribution < 1.29 is 9.53 Å². The zero-order valence-electron chi connectivity index (χ0n) is 7.95. The lowest BCUT2D eigenvalue weighted by Gasteiger charge is -1.99. The molecule has 0 aromatic carbocycles. The monoisotopic (exact) mass is 181 g/mol. The van der Waals surface area contributed by atoms with E-state index in [4.69, 9.17) is 10.00 Å². The topological polar surface area (TPSA) is 50.1 Å². The van der Waals surface area contributed by atoms with Gasteiger partial charge in [-0.2, -0.15) is 5.26 Å². The second kappa shape index (κ2) is 8.79. The van der Waals surface area contributed by atoms with Crippen LogP contribution in [0.5, 0.6) is 0 Å². The van der Waals surface area contributed by atoms with E-state index in [0.29, 0.717) is 12.8 Å². The molecular weight excluding hydrogens is 166 g/mol. The molecule has 0 fully saturated rings. The molecule has 0 N–H and O–H groups in total. The summed E-state index contributed by atoms with van der Waals surface area (Å²) in [5, 5.41) is 8.18. The van der Waals surface area contributed by atoms with Crippen LogP contribution in [-0.4, -0.2) is 12.6 Å². The van der Waals surface area contributed by atoms with E-state index < -0.39 is 0 Å². The van der Waals surface area contributed by atoms with E-state index >= 15 is 0 Å². The Kier molecular flexibility index (Phi) is 7.91. The second-order valence-electron chi connectivity index (χ2n) is 2.62. The van der Waals surface area contributed by atoms with Crippen molar-refractivity contribution in [3.63, 3.8) is 0 Å². The Morgan fingerprint density at radius 2 is 2.31 bits per heavy atom. The molecule has 0 atom stereocenters. The fourth-order valence-electron chi connectivity index (χ4n) is 0.738. The average molecular weight is 181 g/mol. The minimum atomic E-state index is -0.163. The highest BCUT2D eigenvalue weighted by Crippen LogP contribution is 1.96. The molecule has 0 rings (SSSR count). The quantitative estimate of drug-likeness (QED) is 0.466. The van der Waals surface area contributed by atoms with Gasteiger partial charge < -0.3 is 4.74 Å². The van der Waals surface area contributed by atoms with E-state index in [1.54, 1.807) is 12.2 Å². The molecule has 0 aromatic rings. The zero-order valence-corrected chi connectivity index (χ0v) is 7.95. The van der Waals surface area contributed by atoms with Gasteiger partial charge in [0.05, 0.1) is 12.5 Å². The van der Waals surface area contributed by atoms with Crippen LogP contribution < -0.4 is 0 Å². The van der Waals surface area contributed by atoms with Gasteiger partial charge in [0.25, 0.3) is 0 Å². The summed E-state index contributed by atoms with van der Waals surface area (Å²) >= 11 is 0. The van der Waals surface area contributed by atoms with Crippen LogP contribution in [0.3, 0.4) is 0 Å². The summed E-state index contributed by atoms with van der Waals surface area (Å²) in [5.41, 5.74) is 0. The maximum atomic E-state index is 10.9. The Balaban J connectivity index is 3.32. The van der Waals surface area contributed by atoms with E-state index in [2.05, 4.69) is 0 Å². The first-order valence-corrected chi connectivity index (χ1v) is 4.48. The predicted octanol–water partition coefficient (Wildman–Crippen LogP) is 2.19. The number of carbonyl (C=O) groups excluding carboxylic acids is 1. The Morgan fingerprint density at radius 3 is 2.92 bits per heavy atom. The molecule has 0 saturated carbocycles. The number of esters is 1. The summed E-state index contributed by atoms with van der Waals surface area (Å²) in [5.74, 6) is -0.163. The van der Waals surface area contributed by atoms with Gasteiger partial charge in [0.2, 0.25) is 0 Å². The van der Waals surface area contributed by atoms with Crippen molar-refractivity contribution in [1.29, 1.82) is 5.26 Å². The van der Waals surface area contributed by atoms with Crippen molar-refractivity contribution in [3.8, 4) is 6.07 Å². The molecule has 3 nitrogen and oxygen atoms in total. The molecule has 3 heteroatoms. The summed E-state index contributed by atoms with van der Waals surface area (Å²) in [6.07, 6.45) is 6.11. The lowest BCUT2D eigenvalue weighted by Crippen LogP contribution is -2.03. The van der Waals surface area contributed by atoms with E-state index in [-0.39, 0.29) is 12.6 Å². The molecule has 72 valence electrons. The number of unbranched alkanes of at least 4 members (excludes halogenated alkanes) is 1. The molecule has 0 aliphatic heterocycles. The summed E-state index contributed by atoms with van der Waals surface area (Å²) in [6.45, 7) is 2.31. The number of hydrogen-bond acceptors (Lipinski definition) is 3. The van der Waals surface area contributed by atoms with Crippen LogP contribution >= 0.6 is 0 Å². The van der Waals surface area contributed by atoms with Crippen LogP contribution in [0.1, 0.15) is 32.6 Å². The number of rotatable bonds is 6. The van der Waals surface area contributed by atoms with Crippen LogP contribution in [0, 0.1) is 11.3 Å². The maximum Gasteiger partial charge on any atom is 0.306 e. The number of carbonyl (C=O) groups is 1. The molecule has 0 saturated heterocycles. The smallest absolute Gasteiger partial charge is 0.306 e. The molecule has 13 heavy (non-hydrogen) atoms. The van der Waals surface area contributed by atoms with Gasteiger partial charge in [-0.1, -0.05) is 25.5 Å². The van der Waals surface area contributed by atoms with E-state index in [9.17, 15) is 4.79 Å². The van der Waals surface area contributed by atoms with Crippen LogP contribution in [0.2, 0.25) is 0 Å². The summed E-state index contributed by atoms with van der Waals surface area (Å²) in [4.78, 5) is 10.9. The Bertz CT molecular complexity index is 203. The molecule has 0 amide bonds. The molecule has 0 radical (unpaired) electrons. The third kappa shape index (κ3) is 8.61. The first-order chi connectivity index (χ1) is 6.31. The number of nitrogens with zero attached hydrogens (tertiary/aromatic N) is 1. The average Bonchev–Trinajstić information content (AvgIpc) is 2.14. The van der Waals surface area contributed by atoms with Gasteiger partial charge in [-0.15, -0.1) is 0 Å². The van der Waals surface area contributed by atoms with Crippen molar-refractivity contribution in [1.82, 2.24) is 0 Å². The van der Waals surface area contributed by atoms with E-state index in [1.807, 2.05) is 13.0 Å². The summed E-state index contributed by atoms with van der Waals surface area (Å²) in [6, 6.07) is 1.96. The van der Waals surface area contributed by atoms with Gasteiger partial charge in [-0.3, -0.25) is 4.79 Å². The van der Waals surface area contributed by atoms with Crippen molar-refractivity contribution in [3.05, 3.63) is 12.2 Å². The number of hydrogen-bond donors (Lipinski definition) is 0. The van der Waals surface area contributed by atoms with E-state index in [0.717, 1.165) is 12.8 Å². The van der Waals surface area contributed by atoms with Gasteiger partial charge in [-0.05, 0) is 6.42 Å². The summed E-state index contributed by atoms with van der Waals surface area (Å²) in [7, 11) is 0. The van der Waals surface area contributed by atoms with Crippen LogP contribution in [0.15, 0.2) is 12.2 Å². The van der Waals surface area contributed by atoms with Gasteiger partial charge in [0.15, 0.2) is 0 Å². The van der Waals surface area contributed by atoms with Crippen molar-refractivity contribution in [2.24, 2.45) is 0 Å². The lowest BCUT2D eigenvalue weighted by molar-refractivity contribution is -0.142. The highest BCUT2D eigenvalue weighted by Gasteiger charge is 1.98. The third-order valence-electron chi connectivity index (χ3n) is 1.45. The third-order valence-corrected chi connectivity index (χ3v) is 1.45. The molecule has 0 aliphatic rings. The molecule has 0 aliphatic carbocycles. The van der Waals surface area contributed by atoms with Gasteiger partial charge in [0.1, 0.15) is 6.61 Å². The second-order valence-corrected chi connectivity index (χ2v) is 2.62. The fourth-order valence-corrected chi connectivity index (χ4v) is 0.738. The minimum absolute atomic E-state index is 0.163. The van der Waals surface area contributed by atoms with E-state index in [1.165, 1.54) is 0 Å². The molecule has 0 heterocycles. The SMILES string of the molecule is CCCCC(=O)OCC=CCC#N. The predicted molar refractivity (Wildman–Crippen MR) is 49.9 cm³/mol. The Morgan fingerprint density at radius 1 is 1.54 bits per heavy atom. The molecule has 0 unspecified atom stereocenters. The summed E-state index contributed by atoms with van der Waals surface area (Å²) < 4.78 is 4.86. The van der Waals surface area contributed by atoms with Crippen LogP contribution in [-0.2, 0) is 9.53 Å². The molecule has 0 bridgehead atoms.